The van der Waals surface area contributed by atoms with Crippen LogP contribution in [0.4, 0.5) is 0 Å². The number of para-hydroxylation sites is 1. The molecule has 0 N–H and O–H groups in total. The highest BCUT2D eigenvalue weighted by molar-refractivity contribution is 6.19. The van der Waals surface area contributed by atoms with E-state index in [1.165, 1.54) is 16.2 Å². The lowest BCUT2D eigenvalue weighted by Gasteiger charge is -2.14. The lowest BCUT2D eigenvalue weighted by atomic mass is 9.93. The fourth-order valence-corrected chi connectivity index (χ4v) is 6.32. The molecule has 2 heterocycles. The minimum absolute atomic E-state index is 0.500. The van der Waals surface area contributed by atoms with E-state index in [1.54, 1.807) is 0 Å². The maximum Gasteiger partial charge on any atom is 0.199 e. The van der Waals surface area contributed by atoms with Crippen molar-refractivity contribution in [3.8, 4) is 45.5 Å². The molecule has 0 saturated heterocycles. The first-order chi connectivity index (χ1) is 22.3. The molecule has 0 aliphatic heterocycles. The van der Waals surface area contributed by atoms with Gasteiger partial charge in [-0.1, -0.05) is 133 Å². The van der Waals surface area contributed by atoms with E-state index in [-0.39, 0.29) is 0 Å². The third kappa shape index (κ3) is 4.35. The quantitative estimate of drug-likeness (QED) is 0.155. The van der Waals surface area contributed by atoms with Crippen LogP contribution in [0.3, 0.4) is 0 Å². The zero-order valence-corrected chi connectivity index (χ0v) is 24.2. The molecule has 0 amide bonds. The second-order valence-corrected chi connectivity index (χ2v) is 11.3. The number of hydrogen-bond donors (Lipinski definition) is 0. The van der Waals surface area contributed by atoms with Gasteiger partial charge in [0.2, 0.25) is 0 Å². The average molecular weight is 576 g/mol. The van der Waals surface area contributed by atoms with Crippen molar-refractivity contribution >= 4 is 43.3 Å². The van der Waals surface area contributed by atoms with Crippen LogP contribution in [0.5, 0.6) is 0 Å². The number of benzene rings is 7. The largest absolute Gasteiger partial charge is 0.453 e. The molecular weight excluding hydrogens is 550 g/mol. The predicted octanol–water partition coefficient (Wildman–Crippen LogP) is 10.7. The number of rotatable bonds is 4. The zero-order chi connectivity index (χ0) is 29.7. The first kappa shape index (κ1) is 25.4. The van der Waals surface area contributed by atoms with Gasteiger partial charge >= 0.3 is 0 Å². The molecule has 4 nitrogen and oxygen atoms in total. The van der Waals surface area contributed by atoms with Gasteiger partial charge in [0, 0.05) is 16.5 Å². The van der Waals surface area contributed by atoms with E-state index in [0.29, 0.717) is 23.2 Å². The minimum Gasteiger partial charge on any atom is -0.453 e. The second kappa shape index (κ2) is 10.2. The summed E-state index contributed by atoms with van der Waals surface area (Å²) in [6, 6.07) is 52.4. The fraction of sp³-hybridized carbons (Fsp3) is 0. The summed E-state index contributed by atoms with van der Waals surface area (Å²) in [6.45, 7) is 0. The Hall–Kier alpha value is -6.13. The maximum atomic E-state index is 6.29. The van der Waals surface area contributed by atoms with Gasteiger partial charge in [-0.25, -0.2) is 15.0 Å². The van der Waals surface area contributed by atoms with Crippen molar-refractivity contribution in [2.24, 2.45) is 0 Å². The Morgan fingerprint density at radius 2 is 0.978 bits per heavy atom. The van der Waals surface area contributed by atoms with Crippen molar-refractivity contribution in [3.63, 3.8) is 0 Å². The monoisotopic (exact) mass is 575 g/mol. The summed E-state index contributed by atoms with van der Waals surface area (Å²) in [7, 11) is 0. The van der Waals surface area contributed by atoms with Crippen LogP contribution in [0.1, 0.15) is 0 Å². The van der Waals surface area contributed by atoms with E-state index >= 15 is 0 Å². The van der Waals surface area contributed by atoms with Crippen molar-refractivity contribution in [2.75, 3.05) is 0 Å². The Morgan fingerprint density at radius 1 is 0.356 bits per heavy atom. The van der Waals surface area contributed by atoms with Crippen molar-refractivity contribution in [2.45, 2.75) is 0 Å². The van der Waals surface area contributed by atoms with Gasteiger partial charge < -0.3 is 4.42 Å². The average Bonchev–Trinajstić information content (AvgIpc) is 3.56. The first-order valence-corrected chi connectivity index (χ1v) is 15.0. The minimum atomic E-state index is 0.500. The van der Waals surface area contributed by atoms with Crippen molar-refractivity contribution in [1.82, 2.24) is 15.0 Å². The number of nitrogens with zero attached hydrogens (tertiary/aromatic N) is 3. The van der Waals surface area contributed by atoms with Gasteiger partial charge in [0.15, 0.2) is 23.2 Å². The molecule has 45 heavy (non-hydrogen) atoms. The van der Waals surface area contributed by atoms with Crippen LogP contribution in [0.2, 0.25) is 0 Å². The third-order valence-electron chi connectivity index (χ3n) is 8.53. The lowest BCUT2D eigenvalue weighted by Crippen LogP contribution is -2.01. The molecule has 0 aliphatic rings. The number of fused-ring (bicyclic) bond motifs is 5. The Morgan fingerprint density at radius 3 is 1.80 bits per heavy atom. The van der Waals surface area contributed by atoms with E-state index < -0.39 is 0 Å². The van der Waals surface area contributed by atoms with E-state index in [1.807, 2.05) is 36.4 Å². The first-order valence-electron chi connectivity index (χ1n) is 15.0. The lowest BCUT2D eigenvalue weighted by molar-refractivity contribution is 0.625. The predicted molar refractivity (Wildman–Crippen MR) is 184 cm³/mol. The summed E-state index contributed by atoms with van der Waals surface area (Å²) < 4.78 is 6.29. The second-order valence-electron chi connectivity index (χ2n) is 11.3. The van der Waals surface area contributed by atoms with Crippen molar-refractivity contribution < 1.29 is 4.42 Å². The molecule has 0 fully saturated rings. The van der Waals surface area contributed by atoms with Gasteiger partial charge in [-0.05, 0) is 61.6 Å². The van der Waals surface area contributed by atoms with Gasteiger partial charge in [-0.15, -0.1) is 0 Å². The van der Waals surface area contributed by atoms with Gasteiger partial charge in [-0.3, -0.25) is 0 Å². The van der Waals surface area contributed by atoms with E-state index in [2.05, 4.69) is 115 Å². The molecular formula is C41H25N3O. The van der Waals surface area contributed by atoms with Crippen LogP contribution < -0.4 is 0 Å². The van der Waals surface area contributed by atoms with Crippen LogP contribution in [-0.2, 0) is 0 Å². The number of hydrogen-bond acceptors (Lipinski definition) is 4. The molecule has 0 bridgehead atoms. The van der Waals surface area contributed by atoms with Gasteiger partial charge in [0.25, 0.3) is 0 Å². The standard InChI is InChI=1S/C41H25N3O/c1-2-10-26(11-3-1)27-18-20-29(21-19-27)39-42-40(37-25-31-14-6-9-17-36(31)45-37)44-41(43-39)38-33-16-8-5-13-30(33)24-35-32-15-7-4-12-28(32)22-23-34(35)38/h1-25H. The van der Waals surface area contributed by atoms with Crippen LogP contribution in [0, 0.1) is 0 Å². The summed E-state index contributed by atoms with van der Waals surface area (Å²) in [6.07, 6.45) is 0. The molecule has 0 unspecified atom stereocenters. The molecule has 9 aromatic rings. The van der Waals surface area contributed by atoms with Crippen molar-refractivity contribution in [3.05, 3.63) is 152 Å². The highest BCUT2D eigenvalue weighted by Gasteiger charge is 2.19. The highest BCUT2D eigenvalue weighted by atomic mass is 16.3. The molecule has 210 valence electrons. The summed E-state index contributed by atoms with van der Waals surface area (Å²) in [5.41, 5.74) is 4.99. The molecule has 2 aromatic heterocycles. The van der Waals surface area contributed by atoms with Crippen LogP contribution >= 0.6 is 0 Å². The van der Waals surface area contributed by atoms with E-state index in [9.17, 15) is 0 Å². The Bertz CT molecular complexity index is 2500. The zero-order valence-electron chi connectivity index (χ0n) is 24.2. The topological polar surface area (TPSA) is 51.8 Å². The summed E-state index contributed by atoms with van der Waals surface area (Å²) in [5.74, 6) is 2.31. The smallest absolute Gasteiger partial charge is 0.199 e. The van der Waals surface area contributed by atoms with E-state index in [4.69, 9.17) is 19.4 Å². The Kier molecular flexibility index (Phi) is 5.78. The van der Waals surface area contributed by atoms with Gasteiger partial charge in [0.1, 0.15) is 5.58 Å². The summed E-state index contributed by atoms with van der Waals surface area (Å²) in [4.78, 5) is 15.3. The summed E-state index contributed by atoms with van der Waals surface area (Å²) >= 11 is 0. The Balaban J connectivity index is 1.32. The molecule has 0 saturated carbocycles. The van der Waals surface area contributed by atoms with Gasteiger partial charge in [-0.2, -0.15) is 0 Å². The molecule has 0 radical (unpaired) electrons. The highest BCUT2D eigenvalue weighted by Crippen LogP contribution is 2.39. The molecule has 0 atom stereocenters. The third-order valence-corrected chi connectivity index (χ3v) is 8.53. The molecule has 0 aliphatic carbocycles. The summed E-state index contributed by atoms with van der Waals surface area (Å²) in [5, 5.41) is 7.89. The van der Waals surface area contributed by atoms with E-state index in [0.717, 1.165) is 49.4 Å². The fourth-order valence-electron chi connectivity index (χ4n) is 6.32. The molecule has 9 rings (SSSR count). The molecule has 0 spiro atoms. The van der Waals surface area contributed by atoms with Crippen LogP contribution in [0.15, 0.2) is 156 Å². The normalized spacial score (nSPS) is 11.6. The van der Waals surface area contributed by atoms with Crippen LogP contribution in [-0.4, -0.2) is 15.0 Å². The van der Waals surface area contributed by atoms with Crippen LogP contribution in [0.25, 0.3) is 88.8 Å². The van der Waals surface area contributed by atoms with Crippen molar-refractivity contribution in [1.29, 1.82) is 0 Å². The number of furan rings is 1. The molecule has 4 heteroatoms. The van der Waals surface area contributed by atoms with Gasteiger partial charge in [0.05, 0.1) is 0 Å². The Labute approximate surface area is 259 Å². The number of aromatic nitrogens is 3. The SMILES string of the molecule is c1ccc(-c2ccc(-c3nc(-c4cc5ccccc5o4)nc(-c4c5ccccc5cc5c4ccc4ccccc45)n3)cc2)cc1. The maximum absolute atomic E-state index is 6.29. The molecule has 7 aromatic carbocycles.